The highest BCUT2D eigenvalue weighted by molar-refractivity contribution is 5.87. The highest BCUT2D eigenvalue weighted by Crippen LogP contribution is 2.33. The topological polar surface area (TPSA) is 82.5 Å². The fourth-order valence-corrected chi connectivity index (χ4v) is 3.23. The van der Waals surface area contributed by atoms with Crippen molar-refractivity contribution in [2.75, 3.05) is 5.73 Å². The number of fused-ring (bicyclic) bond motifs is 2. The number of halogens is 2. The molecule has 0 aliphatic heterocycles. The van der Waals surface area contributed by atoms with Gasteiger partial charge in [-0.15, -0.1) is 0 Å². The average molecular weight is 342 g/mol. The summed E-state index contributed by atoms with van der Waals surface area (Å²) >= 11 is 0. The fourth-order valence-electron chi connectivity index (χ4n) is 3.23. The van der Waals surface area contributed by atoms with Crippen molar-refractivity contribution >= 4 is 22.6 Å². The van der Waals surface area contributed by atoms with E-state index in [-0.39, 0.29) is 0 Å². The van der Waals surface area contributed by atoms with Gasteiger partial charge in [0.15, 0.2) is 5.65 Å². The van der Waals surface area contributed by atoms with Crippen LogP contribution in [0, 0.1) is 6.92 Å². The summed E-state index contributed by atoms with van der Waals surface area (Å²) in [5, 5.41) is 0. The first-order valence-electron chi connectivity index (χ1n) is 7.97. The number of pyridine rings is 1. The van der Waals surface area contributed by atoms with Crippen molar-refractivity contribution in [2.45, 2.75) is 32.7 Å². The Hall–Kier alpha value is -2.90. The number of nitrogens with two attached hydrogens (primary N) is 1. The van der Waals surface area contributed by atoms with E-state index in [1.807, 2.05) is 12.1 Å². The first kappa shape index (κ1) is 15.6. The van der Waals surface area contributed by atoms with Crippen LogP contribution < -0.4 is 5.73 Å². The van der Waals surface area contributed by atoms with Crippen LogP contribution in [0.25, 0.3) is 16.7 Å². The van der Waals surface area contributed by atoms with E-state index in [9.17, 15) is 8.78 Å². The Morgan fingerprint density at radius 1 is 1.24 bits per heavy atom. The average Bonchev–Trinajstić information content (AvgIpc) is 2.89. The van der Waals surface area contributed by atoms with Crippen LogP contribution >= 0.6 is 0 Å². The van der Waals surface area contributed by atoms with Gasteiger partial charge in [-0.3, -0.25) is 0 Å². The number of rotatable bonds is 3. The van der Waals surface area contributed by atoms with Gasteiger partial charge in [0.25, 0.3) is 6.43 Å². The summed E-state index contributed by atoms with van der Waals surface area (Å²) in [6, 6.07) is 3.62. The van der Waals surface area contributed by atoms with E-state index in [2.05, 4.69) is 19.9 Å². The van der Waals surface area contributed by atoms with E-state index in [1.165, 1.54) is 10.9 Å². The lowest BCUT2D eigenvalue weighted by Gasteiger charge is -2.17. The van der Waals surface area contributed by atoms with Gasteiger partial charge in [-0.25, -0.2) is 28.7 Å². The maximum Gasteiger partial charge on any atom is 0.256 e. The molecular weight excluding hydrogens is 326 g/mol. The smallest absolute Gasteiger partial charge is 0.256 e. The highest BCUT2D eigenvalue weighted by atomic mass is 19.3. The number of anilines is 1. The molecule has 3 heterocycles. The summed E-state index contributed by atoms with van der Waals surface area (Å²) in [5.74, 6) is 0.913. The van der Waals surface area contributed by atoms with E-state index < -0.39 is 13.0 Å². The second-order valence-corrected chi connectivity index (χ2v) is 5.94. The van der Waals surface area contributed by atoms with Crippen molar-refractivity contribution in [1.82, 2.24) is 24.5 Å². The predicted molar refractivity (Wildman–Crippen MR) is 90.1 cm³/mol. The number of nitrogens with zero attached hydrogens (tertiary/aromatic N) is 5. The third-order valence-corrected chi connectivity index (χ3v) is 4.33. The van der Waals surface area contributed by atoms with E-state index in [4.69, 9.17) is 5.73 Å². The summed E-state index contributed by atoms with van der Waals surface area (Å²) in [5.41, 5.74) is 10.2. The minimum atomic E-state index is -2.47. The molecule has 3 aromatic heterocycles. The summed E-state index contributed by atoms with van der Waals surface area (Å²) < 4.78 is 27.2. The predicted octanol–water partition coefficient (Wildman–Crippen LogP) is 2.75. The van der Waals surface area contributed by atoms with E-state index in [1.54, 1.807) is 13.0 Å². The number of imidazole rings is 1. The summed E-state index contributed by atoms with van der Waals surface area (Å²) in [6.45, 7) is 1.27. The first-order valence-corrected chi connectivity index (χ1v) is 7.97. The van der Waals surface area contributed by atoms with E-state index in [0.717, 1.165) is 29.7 Å². The molecule has 0 amide bonds. The molecular formula is C17H16F2N6. The molecule has 25 heavy (non-hydrogen) atoms. The molecule has 2 N–H and O–H groups in total. The Kier molecular flexibility index (Phi) is 3.67. The van der Waals surface area contributed by atoms with Gasteiger partial charge in [0.1, 0.15) is 23.5 Å². The third-order valence-electron chi connectivity index (χ3n) is 4.33. The molecule has 0 saturated heterocycles. The van der Waals surface area contributed by atoms with Crippen LogP contribution in [0.4, 0.5) is 14.6 Å². The van der Waals surface area contributed by atoms with Gasteiger partial charge in [0.2, 0.25) is 0 Å². The van der Waals surface area contributed by atoms with Gasteiger partial charge >= 0.3 is 0 Å². The minimum absolute atomic E-state index is 0.398. The molecule has 1 aliphatic rings. The van der Waals surface area contributed by atoms with Crippen molar-refractivity contribution in [1.29, 1.82) is 0 Å². The third kappa shape index (κ3) is 2.63. The van der Waals surface area contributed by atoms with Crippen LogP contribution in [-0.4, -0.2) is 30.9 Å². The Balaban J connectivity index is 1.87. The van der Waals surface area contributed by atoms with Crippen molar-refractivity contribution in [3.63, 3.8) is 0 Å². The van der Waals surface area contributed by atoms with Gasteiger partial charge < -0.3 is 10.3 Å². The van der Waals surface area contributed by atoms with Gasteiger partial charge in [-0.2, -0.15) is 0 Å². The van der Waals surface area contributed by atoms with Crippen LogP contribution in [0.1, 0.15) is 29.2 Å². The van der Waals surface area contributed by atoms with Gasteiger partial charge in [0, 0.05) is 11.1 Å². The molecule has 0 fully saturated rings. The zero-order chi connectivity index (χ0) is 17.6. The zero-order valence-corrected chi connectivity index (χ0v) is 13.6. The molecule has 128 valence electrons. The number of hydrogen-bond donors (Lipinski definition) is 1. The normalized spacial score (nSPS) is 14.0. The van der Waals surface area contributed by atoms with Crippen molar-refractivity contribution in [3.8, 4) is 0 Å². The van der Waals surface area contributed by atoms with Gasteiger partial charge in [0.05, 0.1) is 17.9 Å². The Morgan fingerprint density at radius 2 is 2.08 bits per heavy atom. The van der Waals surface area contributed by atoms with Crippen LogP contribution in [0.3, 0.4) is 0 Å². The molecule has 0 bridgehead atoms. The Morgan fingerprint density at radius 3 is 2.88 bits per heavy atom. The van der Waals surface area contributed by atoms with Crippen LogP contribution in [0.2, 0.25) is 0 Å². The number of alkyl halides is 2. The van der Waals surface area contributed by atoms with Crippen molar-refractivity contribution < 1.29 is 8.78 Å². The lowest BCUT2D eigenvalue weighted by Crippen LogP contribution is -2.11. The number of aryl methyl sites for hydroxylation is 2. The number of hydrogen-bond acceptors (Lipinski definition) is 5. The molecule has 0 atom stereocenters. The molecule has 0 unspecified atom stereocenters. The first-order chi connectivity index (χ1) is 12.0. The van der Waals surface area contributed by atoms with Gasteiger partial charge in [-0.1, -0.05) is 6.08 Å². The summed E-state index contributed by atoms with van der Waals surface area (Å²) in [4.78, 5) is 17.3. The van der Waals surface area contributed by atoms with Crippen LogP contribution in [0.15, 0.2) is 24.5 Å². The number of aromatic nitrogens is 5. The Labute approximate surface area is 142 Å². The SMILES string of the molecule is Cc1nc2ccc(C3=CCCc4ncnc(N)c43)nc2n1CC(F)F. The van der Waals surface area contributed by atoms with Gasteiger partial charge in [-0.05, 0) is 31.9 Å². The molecule has 4 rings (SSSR count). The minimum Gasteiger partial charge on any atom is -0.383 e. The monoisotopic (exact) mass is 342 g/mol. The number of allylic oxidation sites excluding steroid dienone is 1. The largest absolute Gasteiger partial charge is 0.383 e. The highest BCUT2D eigenvalue weighted by Gasteiger charge is 2.21. The molecule has 0 aromatic carbocycles. The molecule has 0 spiro atoms. The molecule has 6 nitrogen and oxygen atoms in total. The number of nitrogen functional groups attached to an aromatic ring is 1. The van der Waals surface area contributed by atoms with E-state index >= 15 is 0 Å². The van der Waals surface area contributed by atoms with Crippen LogP contribution in [-0.2, 0) is 13.0 Å². The quantitative estimate of drug-likeness (QED) is 0.791. The zero-order valence-electron chi connectivity index (χ0n) is 13.6. The molecule has 3 aromatic rings. The lowest BCUT2D eigenvalue weighted by molar-refractivity contribution is 0.127. The second-order valence-electron chi connectivity index (χ2n) is 5.94. The molecule has 1 aliphatic carbocycles. The summed E-state index contributed by atoms with van der Waals surface area (Å²) in [7, 11) is 0. The van der Waals surface area contributed by atoms with Crippen molar-refractivity contribution in [2.24, 2.45) is 0 Å². The molecule has 8 heteroatoms. The summed E-state index contributed by atoms with van der Waals surface area (Å²) in [6.07, 6.45) is 2.62. The Bertz CT molecular complexity index is 992. The van der Waals surface area contributed by atoms with Crippen LogP contribution in [0.5, 0.6) is 0 Å². The molecule has 0 saturated carbocycles. The molecule has 0 radical (unpaired) electrons. The van der Waals surface area contributed by atoms with E-state index in [0.29, 0.717) is 28.5 Å². The fraction of sp³-hybridized carbons (Fsp3) is 0.294. The maximum atomic E-state index is 12.9. The standard InChI is InChI=1S/C17H16F2N6/c1-9-23-13-6-5-11(24-17(13)25(9)7-14(18)19)10-3-2-4-12-15(10)16(20)22-8-21-12/h3,5-6,8,14H,2,4,7H2,1H3,(H2,20,21,22). The lowest BCUT2D eigenvalue weighted by atomic mass is 9.92. The van der Waals surface area contributed by atoms with Crippen molar-refractivity contribution in [3.05, 3.63) is 47.3 Å². The maximum absolute atomic E-state index is 12.9. The second kappa shape index (κ2) is 5.87.